The molecule has 0 unspecified atom stereocenters. The van der Waals surface area contributed by atoms with E-state index < -0.39 is 5.97 Å². The van der Waals surface area contributed by atoms with Crippen molar-refractivity contribution >= 4 is 45.1 Å². The normalized spacial score (nSPS) is 10.5. The van der Waals surface area contributed by atoms with Gasteiger partial charge in [-0.3, -0.25) is 0 Å². The van der Waals surface area contributed by atoms with E-state index in [-0.39, 0.29) is 33.8 Å². The van der Waals surface area contributed by atoms with Crippen molar-refractivity contribution in [3.63, 3.8) is 0 Å². The minimum absolute atomic E-state index is 0.0183. The van der Waals surface area contributed by atoms with Crippen LogP contribution in [0.15, 0.2) is 34.8 Å². The van der Waals surface area contributed by atoms with Gasteiger partial charge in [0.1, 0.15) is 18.0 Å². The van der Waals surface area contributed by atoms with Gasteiger partial charge < -0.3 is 9.84 Å². The Morgan fingerprint density at radius 1 is 1.29 bits per heavy atom. The third kappa shape index (κ3) is 3.87. The SMILES string of the molecule is O=C(O)c1cc(Cl)cc(Cl)c1OCc1ccc(F)cc1Br. The maximum atomic E-state index is 13.0. The Morgan fingerprint density at radius 2 is 2.00 bits per heavy atom. The summed E-state index contributed by atoms with van der Waals surface area (Å²) in [7, 11) is 0. The lowest BCUT2D eigenvalue weighted by Crippen LogP contribution is -2.04. The highest BCUT2D eigenvalue weighted by Crippen LogP contribution is 2.33. The van der Waals surface area contributed by atoms with Crippen LogP contribution in [-0.2, 0) is 6.61 Å². The summed E-state index contributed by atoms with van der Waals surface area (Å²) in [5.74, 6) is -1.57. The van der Waals surface area contributed by atoms with E-state index in [1.165, 1.54) is 30.3 Å². The van der Waals surface area contributed by atoms with Gasteiger partial charge in [0.25, 0.3) is 0 Å². The van der Waals surface area contributed by atoms with Gasteiger partial charge in [-0.15, -0.1) is 0 Å². The topological polar surface area (TPSA) is 46.5 Å². The van der Waals surface area contributed by atoms with Crippen LogP contribution in [0.2, 0.25) is 10.0 Å². The van der Waals surface area contributed by atoms with Gasteiger partial charge in [0.15, 0.2) is 5.75 Å². The van der Waals surface area contributed by atoms with Gasteiger partial charge in [-0.05, 0) is 24.3 Å². The van der Waals surface area contributed by atoms with Crippen molar-refractivity contribution in [3.05, 3.63) is 61.8 Å². The van der Waals surface area contributed by atoms with E-state index in [1.54, 1.807) is 0 Å². The minimum Gasteiger partial charge on any atom is -0.486 e. The summed E-state index contributed by atoms with van der Waals surface area (Å²) < 4.78 is 19.0. The molecule has 3 nitrogen and oxygen atoms in total. The number of hydrogen-bond acceptors (Lipinski definition) is 2. The van der Waals surface area contributed by atoms with Gasteiger partial charge in [-0.1, -0.05) is 45.2 Å². The van der Waals surface area contributed by atoms with Crippen LogP contribution in [0.5, 0.6) is 5.75 Å². The standard InChI is InChI=1S/C14H8BrCl2FO3/c15-11-5-9(18)2-1-7(11)6-21-13-10(14(19)20)3-8(16)4-12(13)17/h1-5H,6H2,(H,19,20). The summed E-state index contributed by atoms with van der Waals surface area (Å²) >= 11 is 14.9. The molecule has 7 heteroatoms. The number of rotatable bonds is 4. The summed E-state index contributed by atoms with van der Waals surface area (Å²) in [6, 6.07) is 6.75. The highest BCUT2D eigenvalue weighted by atomic mass is 79.9. The quantitative estimate of drug-likeness (QED) is 0.779. The van der Waals surface area contributed by atoms with Gasteiger partial charge >= 0.3 is 5.97 Å². The lowest BCUT2D eigenvalue weighted by molar-refractivity contribution is 0.0691. The van der Waals surface area contributed by atoms with Crippen LogP contribution < -0.4 is 4.74 Å². The second-order valence-electron chi connectivity index (χ2n) is 4.09. The number of halogens is 4. The summed E-state index contributed by atoms with van der Waals surface area (Å²) in [6.07, 6.45) is 0. The minimum atomic E-state index is -1.20. The Balaban J connectivity index is 2.29. The predicted octanol–water partition coefficient (Wildman–Crippen LogP) is 5.17. The van der Waals surface area contributed by atoms with Crippen LogP contribution in [0.1, 0.15) is 15.9 Å². The summed E-state index contributed by atoms with van der Waals surface area (Å²) in [4.78, 5) is 11.2. The Labute approximate surface area is 138 Å². The number of hydrogen-bond donors (Lipinski definition) is 1. The molecule has 1 N–H and O–H groups in total. The average molecular weight is 394 g/mol. The summed E-state index contributed by atoms with van der Waals surface area (Å²) in [6.45, 7) is 0.0303. The zero-order chi connectivity index (χ0) is 15.6. The van der Waals surface area contributed by atoms with E-state index in [0.717, 1.165) is 0 Å². The van der Waals surface area contributed by atoms with E-state index in [2.05, 4.69) is 15.9 Å². The lowest BCUT2D eigenvalue weighted by Gasteiger charge is -2.12. The number of benzene rings is 2. The number of carboxylic acids is 1. The summed E-state index contributed by atoms with van der Waals surface area (Å²) in [5.41, 5.74) is 0.518. The lowest BCUT2D eigenvalue weighted by atomic mass is 10.2. The molecule has 0 aliphatic carbocycles. The van der Waals surface area contributed by atoms with Crippen LogP contribution in [0.3, 0.4) is 0 Å². The molecule has 0 aliphatic heterocycles. The molecule has 0 saturated heterocycles. The predicted molar refractivity (Wildman–Crippen MR) is 81.9 cm³/mol. The number of carboxylic acid groups (broad SMARTS) is 1. The largest absolute Gasteiger partial charge is 0.486 e. The molecule has 0 spiro atoms. The molecule has 0 saturated carbocycles. The number of carbonyl (C=O) groups is 1. The van der Waals surface area contributed by atoms with Crippen molar-refractivity contribution < 1.29 is 19.0 Å². The smallest absolute Gasteiger partial charge is 0.339 e. The first kappa shape index (κ1) is 16.1. The molecule has 0 radical (unpaired) electrons. The second kappa shape index (κ2) is 6.64. The van der Waals surface area contributed by atoms with Gasteiger partial charge in [0.05, 0.1) is 5.02 Å². The first-order valence-corrected chi connectivity index (χ1v) is 7.22. The average Bonchev–Trinajstić information content (AvgIpc) is 2.38. The Hall–Kier alpha value is -1.30. The van der Waals surface area contributed by atoms with Crippen LogP contribution >= 0.6 is 39.1 Å². The first-order chi connectivity index (χ1) is 9.88. The first-order valence-electron chi connectivity index (χ1n) is 5.67. The molecule has 0 aromatic heterocycles. The maximum absolute atomic E-state index is 13.0. The molecule has 2 aromatic rings. The maximum Gasteiger partial charge on any atom is 0.339 e. The van der Waals surface area contributed by atoms with E-state index in [4.69, 9.17) is 33.0 Å². The zero-order valence-corrected chi connectivity index (χ0v) is 13.5. The third-order valence-corrected chi connectivity index (χ3v) is 3.86. The van der Waals surface area contributed by atoms with Crippen LogP contribution in [0.25, 0.3) is 0 Å². The van der Waals surface area contributed by atoms with Crippen molar-refractivity contribution in [1.82, 2.24) is 0 Å². The van der Waals surface area contributed by atoms with Crippen LogP contribution in [0.4, 0.5) is 4.39 Å². The molecule has 0 atom stereocenters. The van der Waals surface area contributed by atoms with Crippen molar-refractivity contribution in [1.29, 1.82) is 0 Å². The molecule has 0 heterocycles. The fourth-order valence-electron chi connectivity index (χ4n) is 1.65. The van der Waals surface area contributed by atoms with Crippen molar-refractivity contribution in [2.75, 3.05) is 0 Å². The van der Waals surface area contributed by atoms with Gasteiger partial charge in [-0.25, -0.2) is 9.18 Å². The zero-order valence-electron chi connectivity index (χ0n) is 10.4. The van der Waals surface area contributed by atoms with Gasteiger partial charge in [-0.2, -0.15) is 0 Å². The van der Waals surface area contributed by atoms with Crippen LogP contribution in [-0.4, -0.2) is 11.1 Å². The fourth-order valence-corrected chi connectivity index (χ4v) is 2.67. The summed E-state index contributed by atoms with van der Waals surface area (Å²) in [5, 5.41) is 9.44. The molecule has 2 aromatic carbocycles. The molecule has 0 aliphatic rings. The molecule has 2 rings (SSSR count). The van der Waals surface area contributed by atoms with Crippen molar-refractivity contribution in [3.8, 4) is 5.75 Å². The van der Waals surface area contributed by atoms with E-state index in [9.17, 15) is 9.18 Å². The van der Waals surface area contributed by atoms with Gasteiger partial charge in [0.2, 0.25) is 0 Å². The van der Waals surface area contributed by atoms with E-state index >= 15 is 0 Å². The van der Waals surface area contributed by atoms with Crippen molar-refractivity contribution in [2.45, 2.75) is 6.61 Å². The molecule has 0 amide bonds. The highest BCUT2D eigenvalue weighted by molar-refractivity contribution is 9.10. The monoisotopic (exact) mass is 392 g/mol. The number of aromatic carboxylic acids is 1. The fraction of sp³-hybridized carbons (Fsp3) is 0.0714. The second-order valence-corrected chi connectivity index (χ2v) is 5.79. The molecular weight excluding hydrogens is 386 g/mol. The Bertz CT molecular complexity index is 707. The van der Waals surface area contributed by atoms with E-state index in [1.807, 2.05) is 0 Å². The van der Waals surface area contributed by atoms with E-state index in [0.29, 0.717) is 10.0 Å². The number of ether oxygens (including phenoxy) is 1. The highest BCUT2D eigenvalue weighted by Gasteiger charge is 2.17. The molecule has 0 bridgehead atoms. The van der Waals surface area contributed by atoms with Gasteiger partial charge in [0, 0.05) is 15.1 Å². The Kier molecular flexibility index (Phi) is 5.08. The molecular formula is C14H8BrCl2FO3. The molecule has 21 heavy (non-hydrogen) atoms. The molecule has 0 fully saturated rings. The third-order valence-electron chi connectivity index (χ3n) is 2.63. The van der Waals surface area contributed by atoms with Crippen LogP contribution in [0, 0.1) is 5.82 Å². The van der Waals surface area contributed by atoms with Crippen molar-refractivity contribution in [2.24, 2.45) is 0 Å². The Morgan fingerprint density at radius 3 is 2.62 bits per heavy atom. The molecule has 110 valence electrons.